The Morgan fingerprint density at radius 1 is 1.35 bits per heavy atom. The number of rotatable bonds is 4. The van der Waals surface area contributed by atoms with Gasteiger partial charge in [-0.3, -0.25) is 10.00 Å². The Morgan fingerprint density at radius 2 is 2.13 bits per heavy atom. The predicted octanol–water partition coefficient (Wildman–Crippen LogP) is 5.09. The van der Waals surface area contributed by atoms with Crippen molar-refractivity contribution < 1.29 is 9.53 Å². The highest BCUT2D eigenvalue weighted by Crippen LogP contribution is 2.48. The second kappa shape index (κ2) is 7.96. The van der Waals surface area contributed by atoms with Crippen molar-refractivity contribution in [1.82, 2.24) is 19.7 Å². The van der Waals surface area contributed by atoms with E-state index in [0.29, 0.717) is 5.13 Å². The quantitative estimate of drug-likeness (QED) is 0.587. The fourth-order valence-electron chi connectivity index (χ4n) is 3.89. The number of ether oxygens (including phenoxy) is 1. The lowest BCUT2D eigenvalue weighted by atomic mass is 9.86. The van der Waals surface area contributed by atoms with Crippen LogP contribution < -0.4 is 10.6 Å². The largest absolute Gasteiger partial charge is 0.453 e. The van der Waals surface area contributed by atoms with Crippen LogP contribution in [0.3, 0.4) is 0 Å². The van der Waals surface area contributed by atoms with Crippen molar-refractivity contribution in [1.29, 1.82) is 0 Å². The molecule has 2 N–H and O–H groups in total. The minimum absolute atomic E-state index is 0.228. The molecule has 1 unspecified atom stereocenters. The molecule has 0 fully saturated rings. The van der Waals surface area contributed by atoms with Gasteiger partial charge in [0.2, 0.25) is 0 Å². The number of nitrogens with one attached hydrogen (secondary N) is 2. The van der Waals surface area contributed by atoms with Gasteiger partial charge in [-0.1, -0.05) is 18.3 Å². The second-order valence-corrected chi connectivity index (χ2v) is 9.67. The number of amides is 1. The predicted molar refractivity (Wildman–Crippen MR) is 124 cm³/mol. The zero-order valence-electron chi connectivity index (χ0n) is 18.7. The van der Waals surface area contributed by atoms with Crippen LogP contribution in [0.4, 0.5) is 15.7 Å². The number of hydrogen-bond donors (Lipinski definition) is 2. The van der Waals surface area contributed by atoms with E-state index < -0.39 is 6.09 Å². The summed E-state index contributed by atoms with van der Waals surface area (Å²) in [4.78, 5) is 22.0. The molecule has 0 radical (unpaired) electrons. The number of methoxy groups -OCH3 is 1. The number of fused-ring (bicyclic) bond motifs is 3. The molecule has 31 heavy (non-hydrogen) atoms. The van der Waals surface area contributed by atoms with E-state index in [-0.39, 0.29) is 11.5 Å². The molecule has 3 aromatic heterocycles. The van der Waals surface area contributed by atoms with Crippen LogP contribution in [0, 0.1) is 0 Å². The zero-order valence-corrected chi connectivity index (χ0v) is 19.6. The van der Waals surface area contributed by atoms with Crippen molar-refractivity contribution in [2.24, 2.45) is 0 Å². The van der Waals surface area contributed by atoms with Crippen molar-refractivity contribution in [3.8, 4) is 21.8 Å². The molecule has 3 heterocycles. The van der Waals surface area contributed by atoms with E-state index >= 15 is 0 Å². The van der Waals surface area contributed by atoms with Crippen LogP contribution in [0.5, 0.6) is 0 Å². The average Bonchev–Trinajstić information content (AvgIpc) is 3.30. The maximum Gasteiger partial charge on any atom is 0.413 e. The highest BCUT2D eigenvalue weighted by atomic mass is 32.1. The third-order valence-corrected chi connectivity index (χ3v) is 6.27. The van der Waals surface area contributed by atoms with E-state index in [2.05, 4.69) is 66.0 Å². The molecule has 164 valence electrons. The molecule has 0 aliphatic heterocycles. The SMILES string of the molecule is CCNc1ccc(-c2nn(C(C)(C)C)c3c2C(C)Cc2nc(NC(=O)OC)sc2-3)cn1. The molecule has 1 aliphatic rings. The number of carbonyl (C=O) groups excluding carboxylic acids is 1. The lowest BCUT2D eigenvalue weighted by Gasteiger charge is -2.25. The Bertz CT molecular complexity index is 1110. The Labute approximate surface area is 186 Å². The highest BCUT2D eigenvalue weighted by molar-refractivity contribution is 7.19. The number of hydrogen-bond acceptors (Lipinski definition) is 7. The van der Waals surface area contributed by atoms with Gasteiger partial charge in [-0.05, 0) is 52.2 Å². The van der Waals surface area contributed by atoms with Gasteiger partial charge < -0.3 is 10.1 Å². The number of carbonyl (C=O) groups is 1. The third kappa shape index (κ3) is 3.89. The normalized spacial score (nSPS) is 15.2. The summed E-state index contributed by atoms with van der Waals surface area (Å²) >= 11 is 1.46. The first-order valence-corrected chi connectivity index (χ1v) is 11.2. The smallest absolute Gasteiger partial charge is 0.413 e. The van der Waals surface area contributed by atoms with Gasteiger partial charge in [0, 0.05) is 23.9 Å². The van der Waals surface area contributed by atoms with Gasteiger partial charge in [0.1, 0.15) is 5.82 Å². The van der Waals surface area contributed by atoms with E-state index in [1.807, 2.05) is 12.3 Å². The first-order chi connectivity index (χ1) is 14.7. The lowest BCUT2D eigenvalue weighted by Crippen LogP contribution is -2.25. The molecule has 1 atom stereocenters. The van der Waals surface area contributed by atoms with Crippen molar-refractivity contribution in [2.45, 2.75) is 52.5 Å². The van der Waals surface area contributed by atoms with Crippen LogP contribution in [0.1, 0.15) is 51.8 Å². The summed E-state index contributed by atoms with van der Waals surface area (Å²) in [6, 6.07) is 4.06. The van der Waals surface area contributed by atoms with E-state index in [9.17, 15) is 4.79 Å². The van der Waals surface area contributed by atoms with Gasteiger partial charge in [0.05, 0.1) is 34.6 Å². The molecule has 9 heteroatoms. The first kappa shape index (κ1) is 21.3. The topological polar surface area (TPSA) is 94.0 Å². The Morgan fingerprint density at radius 3 is 2.74 bits per heavy atom. The number of pyridine rings is 1. The Hall–Kier alpha value is -2.94. The number of thiazole rings is 1. The summed E-state index contributed by atoms with van der Waals surface area (Å²) in [6.07, 6.45) is 2.15. The van der Waals surface area contributed by atoms with Crippen LogP contribution in [0.2, 0.25) is 0 Å². The summed E-state index contributed by atoms with van der Waals surface area (Å²) in [5.41, 5.74) is 4.97. The second-order valence-electron chi connectivity index (χ2n) is 8.67. The molecule has 4 rings (SSSR count). The molecule has 1 aliphatic carbocycles. The van der Waals surface area contributed by atoms with E-state index in [4.69, 9.17) is 9.84 Å². The maximum atomic E-state index is 11.7. The third-order valence-electron chi connectivity index (χ3n) is 5.25. The maximum absolute atomic E-state index is 11.7. The van der Waals surface area contributed by atoms with Crippen LogP contribution >= 0.6 is 11.3 Å². The fourth-order valence-corrected chi connectivity index (χ4v) is 4.92. The van der Waals surface area contributed by atoms with Crippen LogP contribution in [-0.2, 0) is 16.7 Å². The van der Waals surface area contributed by atoms with Crippen LogP contribution in [0.15, 0.2) is 18.3 Å². The molecule has 0 saturated heterocycles. The van der Waals surface area contributed by atoms with Crippen molar-refractivity contribution in [2.75, 3.05) is 24.3 Å². The number of nitrogens with zero attached hydrogens (tertiary/aromatic N) is 4. The summed E-state index contributed by atoms with van der Waals surface area (Å²) in [7, 11) is 1.35. The minimum atomic E-state index is -0.517. The number of aromatic nitrogens is 4. The van der Waals surface area contributed by atoms with Crippen LogP contribution in [0.25, 0.3) is 21.8 Å². The summed E-state index contributed by atoms with van der Waals surface area (Å²) in [5, 5.41) is 11.6. The zero-order chi connectivity index (χ0) is 22.3. The van der Waals surface area contributed by atoms with E-state index in [1.54, 1.807) is 0 Å². The Kier molecular flexibility index (Phi) is 5.47. The van der Waals surface area contributed by atoms with Gasteiger partial charge in [-0.25, -0.2) is 14.8 Å². The molecular formula is C22H28N6O2S. The van der Waals surface area contributed by atoms with Gasteiger partial charge >= 0.3 is 6.09 Å². The van der Waals surface area contributed by atoms with Crippen LogP contribution in [-0.4, -0.2) is 39.5 Å². The standard InChI is InChI=1S/C22H28N6O2S/c1-7-23-15-9-8-13(11-24-15)17-16-12(2)10-14-19(18(16)28(27-17)22(3,4)5)31-20(25-14)26-21(29)30-6/h8-9,11-12H,7,10H2,1-6H3,(H,23,24)(H,25,26,29). The summed E-state index contributed by atoms with van der Waals surface area (Å²) in [6.45, 7) is 11.5. The molecular weight excluding hydrogens is 412 g/mol. The van der Waals surface area contributed by atoms with E-state index in [0.717, 1.165) is 46.3 Å². The molecule has 3 aromatic rings. The molecule has 0 aromatic carbocycles. The molecule has 0 bridgehead atoms. The fraction of sp³-hybridized carbons (Fsp3) is 0.455. The van der Waals surface area contributed by atoms with Crippen molar-refractivity contribution in [3.63, 3.8) is 0 Å². The number of anilines is 2. The van der Waals surface area contributed by atoms with Gasteiger partial charge in [0.15, 0.2) is 5.13 Å². The lowest BCUT2D eigenvalue weighted by molar-refractivity contribution is 0.187. The summed E-state index contributed by atoms with van der Waals surface area (Å²) in [5.74, 6) is 1.09. The summed E-state index contributed by atoms with van der Waals surface area (Å²) < 4.78 is 6.82. The molecule has 0 spiro atoms. The minimum Gasteiger partial charge on any atom is -0.453 e. The van der Waals surface area contributed by atoms with Gasteiger partial charge in [-0.2, -0.15) is 5.10 Å². The monoisotopic (exact) mass is 440 g/mol. The van der Waals surface area contributed by atoms with Crippen molar-refractivity contribution in [3.05, 3.63) is 29.6 Å². The van der Waals surface area contributed by atoms with Gasteiger partial charge in [-0.15, -0.1) is 0 Å². The molecule has 8 nitrogen and oxygen atoms in total. The molecule has 0 saturated carbocycles. The van der Waals surface area contributed by atoms with Gasteiger partial charge in [0.25, 0.3) is 0 Å². The van der Waals surface area contributed by atoms with Crippen molar-refractivity contribution >= 4 is 28.4 Å². The first-order valence-electron chi connectivity index (χ1n) is 10.4. The van der Waals surface area contributed by atoms with E-state index in [1.165, 1.54) is 24.0 Å². The Balaban J connectivity index is 1.87. The molecule has 1 amide bonds. The average molecular weight is 441 g/mol. The highest BCUT2D eigenvalue weighted by Gasteiger charge is 2.36.